The van der Waals surface area contributed by atoms with Crippen LogP contribution in [0.4, 0.5) is 0 Å². The predicted octanol–water partition coefficient (Wildman–Crippen LogP) is 1.50. The molecule has 2 rings (SSSR count). The van der Waals surface area contributed by atoms with Gasteiger partial charge < -0.3 is 0 Å². The van der Waals surface area contributed by atoms with E-state index >= 15 is 0 Å². The third kappa shape index (κ3) is 6.21. The second kappa shape index (κ2) is 10.3. The van der Waals surface area contributed by atoms with Crippen LogP contribution in [0.5, 0.6) is 0 Å². The van der Waals surface area contributed by atoms with Gasteiger partial charge in [-0.1, -0.05) is 0 Å². The summed E-state index contributed by atoms with van der Waals surface area (Å²) in [6, 6.07) is 7.78. The summed E-state index contributed by atoms with van der Waals surface area (Å²) in [6.45, 7) is 1.57. The molecule has 0 saturated carbocycles. The van der Waals surface area contributed by atoms with E-state index in [1.165, 1.54) is 23.4 Å². The molecule has 6 nitrogen and oxygen atoms in total. The molecule has 0 aromatic heterocycles. The van der Waals surface area contributed by atoms with E-state index in [0.717, 1.165) is 31.5 Å². The minimum atomic E-state index is -1.35. The summed E-state index contributed by atoms with van der Waals surface area (Å²) in [7, 11) is -1.35. The molecule has 0 radical (unpaired) electrons. The number of nitrogens with two attached hydrogens (primary N) is 1. The van der Waals surface area contributed by atoms with Crippen LogP contribution < -0.4 is 5.73 Å². The zero-order valence-corrected chi connectivity index (χ0v) is 18.9. The van der Waals surface area contributed by atoms with Crippen LogP contribution in [0.1, 0.15) is 37.7 Å². The number of hydrogen-bond acceptors (Lipinski definition) is 5. The van der Waals surface area contributed by atoms with Crippen molar-refractivity contribution in [1.29, 1.82) is 0 Å². The molecule has 5 N–H and O–H groups in total. The first kappa shape index (κ1) is 22.7. The summed E-state index contributed by atoms with van der Waals surface area (Å²) in [5.74, 6) is -1.05. The molecule has 1 saturated heterocycles. The minimum absolute atomic E-state index is 0.0849. The van der Waals surface area contributed by atoms with Gasteiger partial charge in [-0.3, -0.25) is 0 Å². The van der Waals surface area contributed by atoms with E-state index in [1.807, 2.05) is 24.3 Å². The molecule has 0 spiro atoms. The van der Waals surface area contributed by atoms with E-state index in [-0.39, 0.29) is 12.2 Å². The van der Waals surface area contributed by atoms with Crippen molar-refractivity contribution in [3.63, 3.8) is 0 Å². The van der Waals surface area contributed by atoms with Crippen LogP contribution in [-0.2, 0) is 24.1 Å². The number of carboxylic acids is 1. The fourth-order valence-corrected chi connectivity index (χ4v) is 4.87. The average molecular weight is 565 g/mol. The van der Waals surface area contributed by atoms with Gasteiger partial charge in [0.2, 0.25) is 0 Å². The van der Waals surface area contributed by atoms with Gasteiger partial charge in [-0.15, -0.1) is 0 Å². The molecular weight excluding hydrogens is 538 g/mol. The fourth-order valence-electron chi connectivity index (χ4n) is 3.60. The first-order valence-corrected chi connectivity index (χ1v) is 11.0. The number of aliphatic carboxylic acids is 1. The first-order chi connectivity index (χ1) is 12.7. The summed E-state index contributed by atoms with van der Waals surface area (Å²) >= 11 is 7.32. The molecular formula is C18H26BClN2O4W. The van der Waals surface area contributed by atoms with E-state index < -0.39 is 18.6 Å². The van der Waals surface area contributed by atoms with Gasteiger partial charge in [0.1, 0.15) is 0 Å². The molecule has 1 aliphatic heterocycles. The van der Waals surface area contributed by atoms with Crippen LogP contribution in [0.15, 0.2) is 24.3 Å². The molecule has 1 fully saturated rings. The van der Waals surface area contributed by atoms with E-state index in [1.54, 1.807) is 0 Å². The predicted molar refractivity (Wildman–Crippen MR) is 103 cm³/mol. The Morgan fingerprint density at radius 1 is 1.26 bits per heavy atom. The Bertz CT molecular complexity index is 653. The topological polar surface area (TPSA) is 107 Å². The summed E-state index contributed by atoms with van der Waals surface area (Å²) in [6.07, 6.45) is 3.18. The summed E-state index contributed by atoms with van der Waals surface area (Å²) in [5.41, 5.74) is 6.21. The third-order valence-corrected chi connectivity index (χ3v) is 7.33. The maximum absolute atomic E-state index is 11.9. The number of halogens is 1. The van der Waals surface area contributed by atoms with Crippen LogP contribution in [0.2, 0.25) is 11.3 Å². The zero-order chi connectivity index (χ0) is 20.0. The fraction of sp³-hybridized carbons (Fsp3) is 0.556. The monoisotopic (exact) mass is 564 g/mol. The number of unbranched alkanes of at least 4 members (excludes halogenated alkanes) is 1. The molecule has 0 bridgehead atoms. The molecule has 148 valence electrons. The number of nitrogens with zero attached hydrogens (tertiary/aromatic N) is 1. The van der Waals surface area contributed by atoms with E-state index in [9.17, 15) is 9.90 Å². The second-order valence-electron chi connectivity index (χ2n) is 7.15. The molecule has 27 heavy (non-hydrogen) atoms. The van der Waals surface area contributed by atoms with Crippen molar-refractivity contribution in [3.8, 4) is 0 Å². The Morgan fingerprint density at radius 2 is 1.85 bits per heavy atom. The number of hydrogen-bond donors (Lipinski definition) is 4. The zero-order valence-electron chi connectivity index (χ0n) is 15.2. The molecule has 0 aliphatic carbocycles. The van der Waals surface area contributed by atoms with Crippen LogP contribution in [0.3, 0.4) is 0 Å². The number of benzene rings is 1. The average Bonchev–Trinajstić information content (AvgIpc) is 2.65. The number of piperidine rings is 1. The van der Waals surface area contributed by atoms with Crippen LogP contribution in [-0.4, -0.2) is 55.8 Å². The molecule has 1 aliphatic rings. The standard InChI is InChI=1S/C18H26BClN2O4.W/c20-16-5-3-14(4-6-16)13-22-11-7-15(8-12-22)18(21,17(23)24)9-1-2-10-19(25)26;/h3-6,15,25-26H,1-2,7-12,21H2,(H,23,24);. The molecule has 1 atom stereocenters. The Morgan fingerprint density at radius 3 is 2.37 bits per heavy atom. The van der Waals surface area contributed by atoms with Crippen LogP contribution in [0.25, 0.3) is 0 Å². The number of carboxylic acid groups (broad SMARTS) is 1. The molecule has 1 heterocycles. The van der Waals surface area contributed by atoms with Gasteiger partial charge in [0.15, 0.2) is 0 Å². The van der Waals surface area contributed by atoms with Gasteiger partial charge in [-0.25, -0.2) is 0 Å². The van der Waals surface area contributed by atoms with Crippen molar-refractivity contribution in [2.45, 2.75) is 44.0 Å². The van der Waals surface area contributed by atoms with Crippen molar-refractivity contribution in [2.24, 2.45) is 11.7 Å². The van der Waals surface area contributed by atoms with Crippen molar-refractivity contribution < 1.29 is 39.3 Å². The van der Waals surface area contributed by atoms with Gasteiger partial charge in [0.25, 0.3) is 0 Å². The third-order valence-electron chi connectivity index (χ3n) is 5.30. The quantitative estimate of drug-likeness (QED) is 0.268. The summed E-state index contributed by atoms with van der Waals surface area (Å²) in [5, 5.41) is 28.3. The van der Waals surface area contributed by atoms with E-state index in [4.69, 9.17) is 27.4 Å². The van der Waals surface area contributed by atoms with Crippen molar-refractivity contribution in [2.75, 3.05) is 13.1 Å². The molecule has 9 heteroatoms. The van der Waals surface area contributed by atoms with Crippen molar-refractivity contribution in [1.82, 2.24) is 4.90 Å². The molecule has 1 unspecified atom stereocenters. The number of likely N-dealkylation sites (tertiary alicyclic amines) is 1. The SMILES string of the molecule is NC(CCCCB(O)O)(C(=O)O)C1CCN([C](=[W])c2ccc(Cl)cc2)CC1. The molecule has 1 aromatic carbocycles. The van der Waals surface area contributed by atoms with Crippen molar-refractivity contribution >= 4 is 28.7 Å². The van der Waals surface area contributed by atoms with E-state index in [0.29, 0.717) is 24.3 Å². The summed E-state index contributed by atoms with van der Waals surface area (Å²) in [4.78, 5) is 14.2. The maximum atomic E-state index is 11.9. The van der Waals surface area contributed by atoms with Gasteiger partial charge in [0, 0.05) is 0 Å². The Balaban J connectivity index is 1.93. The number of rotatable bonds is 9. The van der Waals surface area contributed by atoms with E-state index in [2.05, 4.69) is 4.90 Å². The first-order valence-electron chi connectivity index (χ1n) is 9.17. The molecule has 1 aromatic rings. The van der Waals surface area contributed by atoms with Crippen LogP contribution in [0, 0.1) is 5.92 Å². The molecule has 0 amide bonds. The van der Waals surface area contributed by atoms with Crippen LogP contribution >= 0.6 is 11.6 Å². The van der Waals surface area contributed by atoms with Gasteiger partial charge >= 0.3 is 176 Å². The Labute approximate surface area is 176 Å². The van der Waals surface area contributed by atoms with Gasteiger partial charge in [-0.05, 0) is 0 Å². The second-order valence-corrected chi connectivity index (χ2v) is 8.97. The van der Waals surface area contributed by atoms with Gasteiger partial charge in [-0.2, -0.15) is 0 Å². The number of carbonyl (C=O) groups is 1. The Kier molecular flexibility index (Phi) is 8.66. The summed E-state index contributed by atoms with van der Waals surface area (Å²) < 4.78 is 1.24. The van der Waals surface area contributed by atoms with Gasteiger partial charge in [0.05, 0.1) is 0 Å². The Hall–Kier alpha value is -0.557. The van der Waals surface area contributed by atoms with Crippen molar-refractivity contribution in [3.05, 3.63) is 34.9 Å². The normalized spacial score (nSPS) is 18.1.